The molecule has 5 aromatic carbocycles. The maximum Gasteiger partial charge on any atom is 0.164 e. The summed E-state index contributed by atoms with van der Waals surface area (Å²) in [5.41, 5.74) is 13.3. The van der Waals surface area contributed by atoms with E-state index in [0.29, 0.717) is 29.3 Å². The third kappa shape index (κ3) is 6.47. The maximum absolute atomic E-state index is 5.83. The maximum atomic E-state index is 5.83. The largest absolute Gasteiger partial charge is 0.464 e. The predicted octanol–water partition coefficient (Wildman–Crippen LogP) is 12.1. The molecule has 2 atom stereocenters. The number of hydrogen-bond acceptors (Lipinski definition) is 6. The van der Waals surface area contributed by atoms with Gasteiger partial charge >= 0.3 is 0 Å². The topological polar surface area (TPSA) is 63.8 Å². The van der Waals surface area contributed by atoms with E-state index in [2.05, 4.69) is 157 Å². The second-order valence-corrected chi connectivity index (χ2v) is 15.5. The van der Waals surface area contributed by atoms with Crippen molar-refractivity contribution in [3.05, 3.63) is 187 Å². The van der Waals surface area contributed by atoms with E-state index in [4.69, 9.17) is 19.4 Å². The number of benzene rings is 5. The normalized spacial score (nSPS) is 17.4. The minimum Gasteiger partial charge on any atom is -0.464 e. The molecule has 1 N–H and O–H groups in total. The number of thioether (sulfide) groups is 1. The van der Waals surface area contributed by atoms with Gasteiger partial charge in [0.25, 0.3) is 0 Å². The molecule has 3 aliphatic rings. The van der Waals surface area contributed by atoms with E-state index in [1.807, 2.05) is 37.1 Å². The number of hydrogen-bond donors (Lipinski definition) is 1. The highest BCUT2D eigenvalue weighted by molar-refractivity contribution is 8.00. The van der Waals surface area contributed by atoms with Gasteiger partial charge in [-0.3, -0.25) is 0 Å². The van der Waals surface area contributed by atoms with Crippen molar-refractivity contribution in [2.45, 2.75) is 23.0 Å². The highest BCUT2D eigenvalue weighted by atomic mass is 32.2. The summed E-state index contributed by atoms with van der Waals surface area (Å²) in [6, 6.07) is 40.9. The average molecular weight is 743 g/mol. The molecule has 2 aliphatic heterocycles. The minimum atomic E-state index is 0.180. The van der Waals surface area contributed by atoms with Gasteiger partial charge in [0.2, 0.25) is 0 Å². The average Bonchev–Trinajstić information content (AvgIpc) is 3.72. The summed E-state index contributed by atoms with van der Waals surface area (Å²) in [6.45, 7) is 3.49. The van der Waals surface area contributed by atoms with Crippen LogP contribution in [0.15, 0.2) is 173 Å². The molecule has 0 fully saturated rings. The van der Waals surface area contributed by atoms with Crippen LogP contribution in [0.2, 0.25) is 0 Å². The van der Waals surface area contributed by atoms with Crippen LogP contribution in [0, 0.1) is 0 Å². The molecular weight excluding hydrogens is 705 g/mol. The van der Waals surface area contributed by atoms with Crippen molar-refractivity contribution in [1.29, 1.82) is 0 Å². The quantitative estimate of drug-likeness (QED) is 0.175. The molecule has 0 radical (unpaired) electrons. The minimum absolute atomic E-state index is 0.180. The third-order valence-corrected chi connectivity index (χ3v) is 12.1. The van der Waals surface area contributed by atoms with Crippen molar-refractivity contribution >= 4 is 40.0 Å². The Morgan fingerprint density at radius 3 is 2.38 bits per heavy atom. The van der Waals surface area contributed by atoms with Crippen molar-refractivity contribution in [3.63, 3.8) is 0 Å². The molecule has 7 aromatic rings. The van der Waals surface area contributed by atoms with Crippen LogP contribution < -0.4 is 5.32 Å². The van der Waals surface area contributed by atoms with Crippen molar-refractivity contribution in [1.82, 2.24) is 20.3 Å². The number of nitrogens with zero attached hydrogens (tertiary/aromatic N) is 3. The third-order valence-electron chi connectivity index (χ3n) is 10.7. The van der Waals surface area contributed by atoms with Crippen LogP contribution in [0.4, 0.5) is 0 Å². The standard InChI is InChI=1S/C50H38N4OS/c1-2-10-40-31-55-44-24-22-37(28-42(40)44)35-14-8-15-38(27-35)48-52-49(39-13-6-7-26-51-30-39)54-50(53-48)41-16-9-17-46-47(41)43-29-36(23-25-45(43)56-46)34-20-18-33(19-21-34)32-11-4-3-5-12-32/h2-25,27-29,31,43,45,51H,26,30H2,1H3/b10-2-. The number of furan rings is 1. The summed E-state index contributed by atoms with van der Waals surface area (Å²) in [5, 5.41) is 4.89. The number of rotatable bonds is 7. The lowest BCUT2D eigenvalue weighted by molar-refractivity contribution is 0.615. The molecule has 2 unspecified atom stereocenters. The molecular formula is C50H38N4OS. The Morgan fingerprint density at radius 2 is 1.48 bits per heavy atom. The zero-order chi connectivity index (χ0) is 37.4. The van der Waals surface area contributed by atoms with Crippen molar-refractivity contribution in [3.8, 4) is 45.0 Å². The number of fused-ring (bicyclic) bond motifs is 4. The summed E-state index contributed by atoms with van der Waals surface area (Å²) < 4.78 is 5.83. The number of allylic oxidation sites excluding steroid dienone is 6. The van der Waals surface area contributed by atoms with E-state index in [1.165, 1.54) is 32.7 Å². The Labute approximate surface area is 331 Å². The van der Waals surface area contributed by atoms with Crippen LogP contribution >= 0.6 is 11.8 Å². The Kier molecular flexibility index (Phi) is 8.98. The zero-order valence-corrected chi connectivity index (χ0v) is 31.7. The Morgan fingerprint density at radius 1 is 0.732 bits per heavy atom. The fourth-order valence-electron chi connectivity index (χ4n) is 7.93. The van der Waals surface area contributed by atoms with Gasteiger partial charge in [-0.1, -0.05) is 140 Å². The molecule has 4 heterocycles. The Hall–Kier alpha value is -6.34. The van der Waals surface area contributed by atoms with Gasteiger partial charge in [-0.25, -0.2) is 15.0 Å². The van der Waals surface area contributed by atoms with Crippen molar-refractivity contribution in [2.75, 3.05) is 13.1 Å². The van der Waals surface area contributed by atoms with E-state index in [-0.39, 0.29) is 5.92 Å². The van der Waals surface area contributed by atoms with Crippen LogP contribution in [0.3, 0.4) is 0 Å². The number of nitrogens with one attached hydrogen (secondary N) is 1. The molecule has 0 amide bonds. The summed E-state index contributed by atoms with van der Waals surface area (Å²) in [6.07, 6.45) is 19.3. The van der Waals surface area contributed by atoms with Crippen LogP contribution in [0.25, 0.3) is 73.2 Å². The van der Waals surface area contributed by atoms with E-state index < -0.39 is 0 Å². The first-order valence-corrected chi connectivity index (χ1v) is 20.0. The van der Waals surface area contributed by atoms with E-state index in [1.54, 1.807) is 0 Å². The number of aromatic nitrogens is 3. The fraction of sp³-hybridized carbons (Fsp3) is 0.100. The molecule has 2 aromatic heterocycles. The molecule has 56 heavy (non-hydrogen) atoms. The fourth-order valence-corrected chi connectivity index (χ4v) is 9.27. The van der Waals surface area contributed by atoms with Crippen LogP contribution in [0.5, 0.6) is 0 Å². The molecule has 0 bridgehead atoms. The second kappa shape index (κ2) is 14.7. The molecule has 0 spiro atoms. The van der Waals surface area contributed by atoms with Gasteiger partial charge in [-0.05, 0) is 70.1 Å². The molecule has 1 aliphatic carbocycles. The van der Waals surface area contributed by atoms with Crippen LogP contribution in [-0.4, -0.2) is 33.3 Å². The van der Waals surface area contributed by atoms with E-state index in [0.717, 1.165) is 50.9 Å². The Bertz CT molecular complexity index is 2770. The molecule has 5 nitrogen and oxygen atoms in total. The zero-order valence-electron chi connectivity index (χ0n) is 30.9. The van der Waals surface area contributed by atoms with Crippen molar-refractivity contribution in [2.24, 2.45) is 0 Å². The second-order valence-electron chi connectivity index (χ2n) is 14.3. The van der Waals surface area contributed by atoms with Gasteiger partial charge in [0.05, 0.1) is 6.26 Å². The molecule has 0 saturated carbocycles. The molecule has 6 heteroatoms. The summed E-state index contributed by atoms with van der Waals surface area (Å²) in [5.74, 6) is 2.20. The lowest BCUT2D eigenvalue weighted by Gasteiger charge is -2.21. The SMILES string of the molecule is C/C=C\c1coc2ccc(-c3cccc(-c4nc(C5=CC=CCNC5)nc(-c5cccc6c5C5C=C(c7ccc(-c8ccccc8)cc7)C=CC5S6)n4)c3)cc12. The van der Waals surface area contributed by atoms with E-state index in [9.17, 15) is 0 Å². The first-order chi connectivity index (χ1) is 27.7. The highest BCUT2D eigenvalue weighted by Gasteiger charge is 2.35. The van der Waals surface area contributed by atoms with Gasteiger partial charge in [0.1, 0.15) is 5.58 Å². The lowest BCUT2D eigenvalue weighted by Crippen LogP contribution is -2.17. The van der Waals surface area contributed by atoms with Crippen molar-refractivity contribution < 1.29 is 4.42 Å². The lowest BCUT2D eigenvalue weighted by atomic mass is 9.85. The Balaban J connectivity index is 1.06. The molecule has 0 saturated heterocycles. The van der Waals surface area contributed by atoms with Gasteiger partial charge in [0.15, 0.2) is 17.5 Å². The summed E-state index contributed by atoms with van der Waals surface area (Å²) in [7, 11) is 0. The van der Waals surface area contributed by atoms with Crippen LogP contribution in [-0.2, 0) is 0 Å². The highest BCUT2D eigenvalue weighted by Crippen LogP contribution is 2.52. The summed E-state index contributed by atoms with van der Waals surface area (Å²) in [4.78, 5) is 16.9. The predicted molar refractivity (Wildman–Crippen MR) is 232 cm³/mol. The molecule has 10 rings (SSSR count). The van der Waals surface area contributed by atoms with Crippen LogP contribution in [0.1, 0.15) is 35.4 Å². The van der Waals surface area contributed by atoms with Gasteiger partial charge in [-0.15, -0.1) is 11.8 Å². The smallest absolute Gasteiger partial charge is 0.164 e. The monoisotopic (exact) mass is 742 g/mol. The first kappa shape index (κ1) is 34.2. The van der Waals surface area contributed by atoms with Gasteiger partial charge in [-0.2, -0.15) is 0 Å². The summed E-state index contributed by atoms with van der Waals surface area (Å²) >= 11 is 1.92. The van der Waals surface area contributed by atoms with Gasteiger partial charge < -0.3 is 9.73 Å². The van der Waals surface area contributed by atoms with Gasteiger partial charge in [0, 0.05) is 56.8 Å². The van der Waals surface area contributed by atoms with E-state index >= 15 is 0 Å². The first-order valence-electron chi connectivity index (χ1n) is 19.1. The molecule has 270 valence electrons.